The molecule has 0 amide bonds. The van der Waals surface area contributed by atoms with Crippen molar-refractivity contribution in [1.82, 2.24) is 4.98 Å². The first-order valence-corrected chi connectivity index (χ1v) is 7.90. The van der Waals surface area contributed by atoms with E-state index in [1.54, 1.807) is 6.20 Å². The average Bonchev–Trinajstić information content (AvgIpc) is 2.73. The van der Waals surface area contributed by atoms with E-state index in [4.69, 9.17) is 0 Å². The molecule has 0 saturated carbocycles. The minimum absolute atomic E-state index is 0.431. The molecule has 1 aliphatic heterocycles. The minimum atomic E-state index is -1.05. The smallest absolute Gasteiger partial charge is 0.353 e. The van der Waals surface area contributed by atoms with E-state index in [0.29, 0.717) is 12.5 Å². The van der Waals surface area contributed by atoms with Gasteiger partial charge in [0, 0.05) is 16.1 Å². The number of hydrogen-bond acceptors (Lipinski definition) is 3. The zero-order valence-electron chi connectivity index (χ0n) is 12.2. The van der Waals surface area contributed by atoms with Crippen LogP contribution in [0.2, 0.25) is 0 Å². The Morgan fingerprint density at radius 1 is 1.38 bits per heavy atom. The van der Waals surface area contributed by atoms with Gasteiger partial charge < -0.3 is 5.11 Å². The summed E-state index contributed by atoms with van der Waals surface area (Å²) in [6.07, 6.45) is 3.74. The summed E-state index contributed by atoms with van der Waals surface area (Å²) in [4.78, 5) is 6.45. The van der Waals surface area contributed by atoms with Crippen molar-refractivity contribution >= 4 is 21.9 Å². The maximum atomic E-state index is 11.3. The molecule has 0 bridgehead atoms. The standard InChI is InChI=1S/C16H19BrN3O/c1-12(2)10-20-15-18-8-3-9-19(15)11-16(20,21)13-4-6-14(17)7-5-13/h3-9,12,21H,10-11H2,1-2H3/q+1/t16-/m1/s1. The number of aromatic nitrogens is 2. The van der Waals surface area contributed by atoms with Gasteiger partial charge in [-0.2, -0.15) is 0 Å². The molecule has 0 spiro atoms. The van der Waals surface area contributed by atoms with Crippen molar-refractivity contribution in [2.75, 3.05) is 11.4 Å². The molecule has 110 valence electrons. The molecule has 1 aromatic carbocycles. The number of hydrogen-bond donors (Lipinski definition) is 1. The predicted molar refractivity (Wildman–Crippen MR) is 84.7 cm³/mol. The number of benzene rings is 1. The molecule has 1 atom stereocenters. The van der Waals surface area contributed by atoms with Crippen LogP contribution in [0.15, 0.2) is 47.2 Å². The second kappa shape index (κ2) is 5.39. The third-order valence-electron chi connectivity index (χ3n) is 3.73. The maximum Gasteiger partial charge on any atom is 0.396 e. The van der Waals surface area contributed by atoms with E-state index in [-0.39, 0.29) is 0 Å². The van der Waals surface area contributed by atoms with E-state index in [0.717, 1.165) is 22.5 Å². The lowest BCUT2D eigenvalue weighted by Crippen LogP contribution is -2.47. The van der Waals surface area contributed by atoms with Gasteiger partial charge in [-0.25, -0.2) is 9.47 Å². The van der Waals surface area contributed by atoms with Gasteiger partial charge in [-0.15, -0.1) is 0 Å². The number of nitrogens with zero attached hydrogens (tertiary/aromatic N) is 3. The molecule has 21 heavy (non-hydrogen) atoms. The van der Waals surface area contributed by atoms with E-state index in [2.05, 4.69) is 34.8 Å². The summed E-state index contributed by atoms with van der Waals surface area (Å²) < 4.78 is 3.01. The van der Waals surface area contributed by atoms with Gasteiger partial charge in [0.1, 0.15) is 12.7 Å². The molecular formula is C16H19BrN3O+. The topological polar surface area (TPSA) is 40.2 Å². The summed E-state index contributed by atoms with van der Waals surface area (Å²) in [6.45, 7) is 5.54. The molecule has 0 radical (unpaired) electrons. The molecule has 2 heterocycles. The van der Waals surface area contributed by atoms with Gasteiger partial charge in [0.05, 0.1) is 12.7 Å². The fraction of sp³-hybridized carbons (Fsp3) is 0.375. The summed E-state index contributed by atoms with van der Waals surface area (Å²) in [5, 5.41) is 11.3. The van der Waals surface area contributed by atoms with Crippen LogP contribution in [-0.2, 0) is 12.3 Å². The molecule has 0 aliphatic carbocycles. The van der Waals surface area contributed by atoms with E-state index < -0.39 is 5.72 Å². The number of halogens is 1. The third kappa shape index (κ3) is 2.56. The quantitative estimate of drug-likeness (QED) is 0.866. The van der Waals surface area contributed by atoms with Gasteiger partial charge in [0.2, 0.25) is 5.72 Å². The zero-order chi connectivity index (χ0) is 15.0. The fourth-order valence-corrected chi connectivity index (χ4v) is 3.06. The number of anilines is 1. The third-order valence-corrected chi connectivity index (χ3v) is 4.26. The Kier molecular flexibility index (Phi) is 3.71. The van der Waals surface area contributed by atoms with Gasteiger partial charge in [0.15, 0.2) is 0 Å². The fourth-order valence-electron chi connectivity index (χ4n) is 2.79. The predicted octanol–water partition coefficient (Wildman–Crippen LogP) is 2.45. The highest BCUT2D eigenvalue weighted by Gasteiger charge is 2.51. The Morgan fingerprint density at radius 2 is 2.10 bits per heavy atom. The van der Waals surface area contributed by atoms with Crippen LogP contribution >= 0.6 is 15.9 Å². The lowest BCUT2D eigenvalue weighted by molar-refractivity contribution is -0.685. The van der Waals surface area contributed by atoms with Crippen LogP contribution in [0.3, 0.4) is 0 Å². The highest BCUT2D eigenvalue weighted by Crippen LogP contribution is 2.34. The SMILES string of the molecule is CC(C)CN1c2nccc[n+]2C[C@@]1(O)c1ccc(Br)cc1. The Morgan fingerprint density at radius 3 is 2.76 bits per heavy atom. The first-order valence-electron chi connectivity index (χ1n) is 7.11. The molecule has 5 heteroatoms. The zero-order valence-corrected chi connectivity index (χ0v) is 13.8. The molecule has 0 fully saturated rings. The first-order chi connectivity index (χ1) is 10.0. The lowest BCUT2D eigenvalue weighted by atomic mass is 10.0. The second-order valence-corrected chi connectivity index (χ2v) is 6.79. The van der Waals surface area contributed by atoms with E-state index >= 15 is 0 Å². The van der Waals surface area contributed by atoms with Crippen molar-refractivity contribution in [2.24, 2.45) is 5.92 Å². The number of rotatable bonds is 3. The van der Waals surface area contributed by atoms with E-state index in [1.807, 2.05) is 46.0 Å². The van der Waals surface area contributed by atoms with Crippen LogP contribution < -0.4 is 9.47 Å². The summed E-state index contributed by atoms with van der Waals surface area (Å²) in [5.41, 5.74) is -0.163. The Balaban J connectivity index is 2.06. The Hall–Kier alpha value is -1.46. The van der Waals surface area contributed by atoms with Crippen molar-refractivity contribution in [2.45, 2.75) is 26.1 Å². The average molecular weight is 349 g/mol. The molecule has 1 aliphatic rings. The molecular weight excluding hydrogens is 330 g/mol. The molecule has 0 unspecified atom stereocenters. The molecule has 1 aromatic heterocycles. The van der Waals surface area contributed by atoms with Crippen LogP contribution in [0, 0.1) is 5.92 Å². The minimum Gasteiger partial charge on any atom is -0.353 e. The van der Waals surface area contributed by atoms with Crippen LogP contribution in [0.4, 0.5) is 5.95 Å². The Labute approximate surface area is 133 Å². The highest BCUT2D eigenvalue weighted by atomic mass is 79.9. The van der Waals surface area contributed by atoms with Crippen molar-refractivity contribution in [3.8, 4) is 0 Å². The summed E-state index contributed by atoms with van der Waals surface area (Å²) in [5.74, 6) is 1.25. The summed E-state index contributed by atoms with van der Waals surface area (Å²) in [6, 6.07) is 9.74. The summed E-state index contributed by atoms with van der Waals surface area (Å²) >= 11 is 3.44. The largest absolute Gasteiger partial charge is 0.396 e. The summed E-state index contributed by atoms with van der Waals surface area (Å²) in [7, 11) is 0. The maximum absolute atomic E-state index is 11.3. The van der Waals surface area contributed by atoms with E-state index in [1.165, 1.54) is 0 Å². The van der Waals surface area contributed by atoms with Crippen molar-refractivity contribution in [3.05, 3.63) is 52.8 Å². The van der Waals surface area contributed by atoms with Crippen LogP contribution in [0.5, 0.6) is 0 Å². The monoisotopic (exact) mass is 348 g/mol. The van der Waals surface area contributed by atoms with Crippen LogP contribution in [0.1, 0.15) is 19.4 Å². The lowest BCUT2D eigenvalue weighted by Gasteiger charge is -2.29. The second-order valence-electron chi connectivity index (χ2n) is 5.88. The normalized spacial score (nSPS) is 20.9. The first kappa shape index (κ1) is 14.5. The van der Waals surface area contributed by atoms with Crippen molar-refractivity contribution in [1.29, 1.82) is 0 Å². The van der Waals surface area contributed by atoms with Gasteiger partial charge >= 0.3 is 5.95 Å². The number of aliphatic hydroxyl groups is 1. The highest BCUT2D eigenvalue weighted by molar-refractivity contribution is 9.10. The van der Waals surface area contributed by atoms with Crippen molar-refractivity contribution in [3.63, 3.8) is 0 Å². The molecule has 4 nitrogen and oxygen atoms in total. The van der Waals surface area contributed by atoms with Crippen LogP contribution in [0.25, 0.3) is 0 Å². The molecule has 3 rings (SSSR count). The van der Waals surface area contributed by atoms with Gasteiger partial charge in [-0.3, -0.25) is 0 Å². The Bertz CT molecular complexity index is 644. The van der Waals surface area contributed by atoms with Crippen LogP contribution in [-0.4, -0.2) is 16.6 Å². The van der Waals surface area contributed by atoms with E-state index in [9.17, 15) is 5.11 Å². The molecule has 1 N–H and O–H groups in total. The van der Waals surface area contributed by atoms with Crippen molar-refractivity contribution < 1.29 is 9.67 Å². The van der Waals surface area contributed by atoms with Gasteiger partial charge in [0.25, 0.3) is 0 Å². The number of fused-ring (bicyclic) bond motifs is 1. The molecule has 2 aromatic rings. The van der Waals surface area contributed by atoms with Gasteiger partial charge in [-0.05, 0) is 18.1 Å². The van der Waals surface area contributed by atoms with Gasteiger partial charge in [-0.1, -0.05) is 46.9 Å². The molecule has 0 saturated heterocycles.